The highest BCUT2D eigenvalue weighted by atomic mass is 32.3. The number of hydrogen-bond acceptors (Lipinski definition) is 5. The van der Waals surface area contributed by atoms with Gasteiger partial charge in [0, 0.05) is 52.9 Å². The van der Waals surface area contributed by atoms with Gasteiger partial charge in [-0.05, 0) is 53.8 Å². The van der Waals surface area contributed by atoms with Crippen LogP contribution in [0.1, 0.15) is 31.0 Å². The third kappa shape index (κ3) is 3.88. The Morgan fingerprint density at radius 1 is 1.16 bits per heavy atom. The van der Waals surface area contributed by atoms with E-state index in [4.69, 9.17) is 6.42 Å². The molecule has 0 unspecified atom stereocenters. The Morgan fingerprint density at radius 3 is 2.61 bits per heavy atom. The lowest BCUT2D eigenvalue weighted by atomic mass is 9.92. The monoisotopic (exact) mass is 528 g/mol. The zero-order valence-corrected chi connectivity index (χ0v) is 21.7. The number of nitrogens with zero attached hydrogens (tertiary/aromatic N) is 2. The summed E-state index contributed by atoms with van der Waals surface area (Å²) in [5.74, 6) is 2.90. The summed E-state index contributed by atoms with van der Waals surface area (Å²) in [6.45, 7) is 5.61. The minimum Gasteiger partial charge on any atom is -0.340 e. The van der Waals surface area contributed by atoms with Crippen molar-refractivity contribution in [2.45, 2.75) is 31.2 Å². The summed E-state index contributed by atoms with van der Waals surface area (Å²) in [5, 5.41) is 5.30. The third-order valence-electron chi connectivity index (χ3n) is 7.20. The highest BCUT2D eigenvalue weighted by Gasteiger charge is 2.26. The second-order valence-electron chi connectivity index (χ2n) is 10.2. The first kappa shape index (κ1) is 24.3. The molecule has 1 saturated heterocycles. The van der Waals surface area contributed by atoms with Gasteiger partial charge < -0.3 is 14.9 Å². The number of halogens is 1. The van der Waals surface area contributed by atoms with Gasteiger partial charge in [0.05, 0.1) is 16.9 Å². The van der Waals surface area contributed by atoms with E-state index < -0.39 is 15.1 Å². The van der Waals surface area contributed by atoms with Crippen molar-refractivity contribution >= 4 is 43.1 Å². The average Bonchev–Trinajstić information content (AvgIpc) is 3.23. The van der Waals surface area contributed by atoms with Crippen molar-refractivity contribution in [3.05, 3.63) is 70.1 Å². The molecule has 0 aliphatic carbocycles. The van der Waals surface area contributed by atoms with E-state index in [9.17, 15) is 17.1 Å². The fraction of sp³-hybridized carbons (Fsp3) is 0.241. The molecule has 0 bridgehead atoms. The molecule has 0 spiro atoms. The van der Waals surface area contributed by atoms with Gasteiger partial charge >= 0.3 is 10.2 Å². The van der Waals surface area contributed by atoms with Crippen LogP contribution in [-0.2, 0) is 16.6 Å². The quantitative estimate of drug-likeness (QED) is 0.255. The Morgan fingerprint density at radius 2 is 1.95 bits per heavy atom. The maximum absolute atomic E-state index is 14.0. The summed E-state index contributed by atoms with van der Waals surface area (Å²) in [7, 11) is -4.93. The number of aromatic nitrogens is 3. The molecule has 7 nitrogen and oxygen atoms in total. The van der Waals surface area contributed by atoms with Crippen LogP contribution in [0.4, 0.5) is 3.89 Å². The Balaban J connectivity index is 1.74. The molecule has 5 aromatic rings. The van der Waals surface area contributed by atoms with Crippen molar-refractivity contribution in [2.24, 2.45) is 5.92 Å². The van der Waals surface area contributed by atoms with E-state index >= 15 is 0 Å². The highest BCUT2D eigenvalue weighted by Crippen LogP contribution is 2.35. The molecule has 0 amide bonds. The first-order valence-corrected chi connectivity index (χ1v) is 13.8. The summed E-state index contributed by atoms with van der Waals surface area (Å²) in [6, 6.07) is 10.8. The molecule has 0 radical (unpaired) electrons. The Labute approximate surface area is 218 Å². The number of hydrogen-bond donors (Lipinski definition) is 2. The van der Waals surface area contributed by atoms with E-state index in [0.717, 1.165) is 46.9 Å². The maximum atomic E-state index is 14.0. The SMILES string of the molecule is C#Cc1ccc2c(c1)[nH]c1c2c(=O)c2cc(CC(C)C)c(-c3cncc(S(=O)(=O)F)c3)cc2n1C1CNC1. The molecule has 9 heteroatoms. The van der Waals surface area contributed by atoms with E-state index in [0.29, 0.717) is 33.9 Å². The molecule has 1 aliphatic rings. The fourth-order valence-corrected chi connectivity index (χ4v) is 5.82. The highest BCUT2D eigenvalue weighted by molar-refractivity contribution is 7.86. The zero-order chi connectivity index (χ0) is 26.8. The van der Waals surface area contributed by atoms with Crippen LogP contribution in [0.2, 0.25) is 0 Å². The van der Waals surface area contributed by atoms with Crippen molar-refractivity contribution in [3.8, 4) is 23.5 Å². The van der Waals surface area contributed by atoms with E-state index in [1.165, 1.54) is 12.3 Å². The van der Waals surface area contributed by atoms with E-state index in [2.05, 4.69) is 39.6 Å². The molecule has 3 aromatic heterocycles. The van der Waals surface area contributed by atoms with Gasteiger partial charge in [0.15, 0.2) is 5.43 Å². The standard InChI is InChI=1S/C29H25FN4O3S/c1-4-17-5-6-22-25(8-17)33-29-27(22)28(35)24-10-18(7-16(2)3)23(11-26(24)34(29)20-13-32-14-20)19-9-21(15-31-12-19)38(30,36)37/h1,5-6,8-12,15-16,20,32-33H,7,13-14H2,2-3H3. The molecule has 1 aliphatic heterocycles. The molecule has 2 N–H and O–H groups in total. The van der Waals surface area contributed by atoms with Gasteiger partial charge in [-0.1, -0.05) is 25.8 Å². The van der Waals surface area contributed by atoms with Crippen LogP contribution in [0.5, 0.6) is 0 Å². The zero-order valence-electron chi connectivity index (χ0n) is 20.9. The largest absolute Gasteiger partial charge is 0.340 e. The third-order valence-corrected chi connectivity index (χ3v) is 7.98. The molecule has 2 aromatic carbocycles. The normalized spacial score (nSPS) is 14.4. The summed E-state index contributed by atoms with van der Waals surface area (Å²) >= 11 is 0. The van der Waals surface area contributed by atoms with Gasteiger partial charge in [-0.15, -0.1) is 10.3 Å². The smallest absolute Gasteiger partial charge is 0.333 e. The molecular formula is C29H25FN4O3S. The van der Waals surface area contributed by atoms with E-state index in [-0.39, 0.29) is 17.4 Å². The molecule has 4 heterocycles. The molecule has 0 atom stereocenters. The second kappa shape index (κ2) is 8.79. The Kier molecular flexibility index (Phi) is 5.63. The number of aromatic amines is 1. The molecule has 6 rings (SSSR count). The van der Waals surface area contributed by atoms with E-state index in [1.54, 1.807) is 0 Å². The van der Waals surface area contributed by atoms with Crippen LogP contribution >= 0.6 is 0 Å². The van der Waals surface area contributed by atoms with Crippen molar-refractivity contribution in [3.63, 3.8) is 0 Å². The van der Waals surface area contributed by atoms with Crippen molar-refractivity contribution in [1.29, 1.82) is 0 Å². The van der Waals surface area contributed by atoms with Gasteiger partial charge in [-0.25, -0.2) is 0 Å². The van der Waals surface area contributed by atoms with Crippen LogP contribution in [-0.4, -0.2) is 36.0 Å². The van der Waals surface area contributed by atoms with Crippen molar-refractivity contribution < 1.29 is 12.3 Å². The summed E-state index contributed by atoms with van der Waals surface area (Å²) in [6.07, 6.45) is 8.77. The molecular weight excluding hydrogens is 503 g/mol. The topological polar surface area (TPSA) is 96.8 Å². The average molecular weight is 529 g/mol. The Bertz CT molecular complexity index is 1980. The number of H-pyrrole nitrogens is 1. The van der Waals surface area contributed by atoms with Crippen LogP contribution in [0, 0.1) is 18.3 Å². The van der Waals surface area contributed by atoms with Gasteiger partial charge in [-0.3, -0.25) is 9.78 Å². The van der Waals surface area contributed by atoms with Crippen LogP contribution in [0.3, 0.4) is 0 Å². The van der Waals surface area contributed by atoms with Gasteiger partial charge in [0.25, 0.3) is 0 Å². The number of nitrogens with one attached hydrogen (secondary N) is 2. The lowest BCUT2D eigenvalue weighted by Gasteiger charge is -2.32. The van der Waals surface area contributed by atoms with Gasteiger partial charge in [0.2, 0.25) is 0 Å². The Hall–Kier alpha value is -4.00. The number of fused-ring (bicyclic) bond motifs is 4. The predicted molar refractivity (Wildman–Crippen MR) is 147 cm³/mol. The molecule has 192 valence electrons. The number of benzene rings is 2. The van der Waals surface area contributed by atoms with Crippen LogP contribution in [0.25, 0.3) is 44.0 Å². The van der Waals surface area contributed by atoms with Gasteiger partial charge in [0.1, 0.15) is 10.5 Å². The first-order valence-electron chi connectivity index (χ1n) is 12.4. The van der Waals surface area contributed by atoms with Crippen LogP contribution < -0.4 is 10.7 Å². The number of pyridine rings is 2. The maximum Gasteiger partial charge on any atom is 0.333 e. The summed E-state index contributed by atoms with van der Waals surface area (Å²) < 4.78 is 39.2. The fourth-order valence-electron chi connectivity index (χ4n) is 5.37. The minimum atomic E-state index is -4.93. The number of terminal acetylenes is 1. The molecule has 1 fully saturated rings. The van der Waals surface area contributed by atoms with Crippen molar-refractivity contribution in [1.82, 2.24) is 19.9 Å². The van der Waals surface area contributed by atoms with E-state index in [1.807, 2.05) is 30.3 Å². The molecule has 0 saturated carbocycles. The van der Waals surface area contributed by atoms with Crippen LogP contribution in [0.15, 0.2) is 58.5 Å². The predicted octanol–water partition coefficient (Wildman–Crippen LogP) is 4.68. The molecule has 38 heavy (non-hydrogen) atoms. The minimum absolute atomic E-state index is 0.0898. The lowest BCUT2D eigenvalue weighted by Crippen LogP contribution is -2.44. The number of rotatable bonds is 5. The van der Waals surface area contributed by atoms with Gasteiger partial charge in [-0.2, -0.15) is 8.42 Å². The summed E-state index contributed by atoms with van der Waals surface area (Å²) in [4.78, 5) is 21.0. The second-order valence-corrected chi connectivity index (χ2v) is 11.6. The first-order chi connectivity index (χ1) is 18.2. The van der Waals surface area contributed by atoms with Crippen molar-refractivity contribution in [2.75, 3.05) is 13.1 Å². The summed E-state index contributed by atoms with van der Waals surface area (Å²) in [5.41, 5.74) is 4.90. The lowest BCUT2D eigenvalue weighted by molar-refractivity contribution is 0.357.